The van der Waals surface area contributed by atoms with Crippen LogP contribution in [0.3, 0.4) is 0 Å². The second-order valence-corrected chi connectivity index (χ2v) is 3.97. The Hall–Kier alpha value is -1.12. The van der Waals surface area contributed by atoms with Crippen LogP contribution in [0, 0.1) is 5.92 Å². The van der Waals surface area contributed by atoms with E-state index in [0.29, 0.717) is 6.61 Å². The largest absolute Gasteiger partial charge is 0.466 e. The van der Waals surface area contributed by atoms with Crippen molar-refractivity contribution in [2.75, 3.05) is 6.61 Å². The summed E-state index contributed by atoms with van der Waals surface area (Å²) in [5.41, 5.74) is 1.34. The Morgan fingerprint density at radius 2 is 2.27 bits per heavy atom. The fourth-order valence-corrected chi connectivity index (χ4v) is 1.76. The molecule has 0 bridgehead atoms. The summed E-state index contributed by atoms with van der Waals surface area (Å²) in [5, 5.41) is 0. The Morgan fingerprint density at radius 3 is 2.80 bits per heavy atom. The lowest BCUT2D eigenvalue weighted by Crippen LogP contribution is -2.21. The van der Waals surface area contributed by atoms with Gasteiger partial charge in [-0.2, -0.15) is 0 Å². The van der Waals surface area contributed by atoms with Crippen LogP contribution in [0.25, 0.3) is 0 Å². The van der Waals surface area contributed by atoms with E-state index >= 15 is 0 Å². The van der Waals surface area contributed by atoms with Gasteiger partial charge in [0.1, 0.15) is 12.2 Å². The molecular formula is C12H18O3. The summed E-state index contributed by atoms with van der Waals surface area (Å²) in [6.45, 7) is 4.16. The molecule has 0 amide bonds. The first kappa shape index (κ1) is 12.0. The van der Waals surface area contributed by atoms with E-state index in [1.807, 2.05) is 0 Å². The number of ether oxygens (including phenoxy) is 1. The average molecular weight is 210 g/mol. The number of carbonyl (C=O) groups excluding carboxylic acids is 2. The van der Waals surface area contributed by atoms with Crippen LogP contribution < -0.4 is 0 Å². The molecule has 1 atom stereocenters. The maximum Gasteiger partial charge on any atom is 0.313 e. The number of carbonyl (C=O) groups is 2. The maximum atomic E-state index is 11.7. The number of allylic oxidation sites excluding steroid dienone is 2. The van der Waals surface area contributed by atoms with Crippen LogP contribution in [0.5, 0.6) is 0 Å². The van der Waals surface area contributed by atoms with Gasteiger partial charge in [0.25, 0.3) is 0 Å². The van der Waals surface area contributed by atoms with E-state index in [4.69, 9.17) is 4.74 Å². The minimum Gasteiger partial charge on any atom is -0.466 e. The molecule has 1 rings (SSSR count). The molecule has 0 aromatic rings. The minimum atomic E-state index is -0.395. The molecule has 1 aliphatic carbocycles. The second-order valence-electron chi connectivity index (χ2n) is 3.97. The van der Waals surface area contributed by atoms with Gasteiger partial charge in [0.2, 0.25) is 0 Å². The molecule has 1 aliphatic rings. The molecule has 0 saturated heterocycles. The van der Waals surface area contributed by atoms with Gasteiger partial charge in [0.05, 0.1) is 6.61 Å². The lowest BCUT2D eigenvalue weighted by atomic mass is 9.86. The van der Waals surface area contributed by atoms with Gasteiger partial charge < -0.3 is 4.74 Å². The first-order valence-electron chi connectivity index (χ1n) is 5.47. The van der Waals surface area contributed by atoms with E-state index in [9.17, 15) is 9.59 Å². The van der Waals surface area contributed by atoms with Crippen LogP contribution in [0.15, 0.2) is 11.6 Å². The standard InChI is InChI=1S/C12H18O3/c1-3-15-12(14)8-11(13)10-6-4-9(2)5-7-10/h4,10H,3,5-8H2,1-2H3. The number of ketones is 1. The van der Waals surface area contributed by atoms with Gasteiger partial charge in [-0.15, -0.1) is 0 Å². The number of rotatable bonds is 4. The van der Waals surface area contributed by atoms with Gasteiger partial charge in [-0.3, -0.25) is 9.59 Å². The highest BCUT2D eigenvalue weighted by Crippen LogP contribution is 2.24. The molecule has 84 valence electrons. The van der Waals surface area contributed by atoms with E-state index in [1.54, 1.807) is 6.92 Å². The summed E-state index contributed by atoms with van der Waals surface area (Å²) in [5.74, 6) is -0.343. The number of hydrogen-bond acceptors (Lipinski definition) is 3. The van der Waals surface area contributed by atoms with Crippen LogP contribution in [-0.4, -0.2) is 18.4 Å². The third kappa shape index (κ3) is 3.86. The SMILES string of the molecule is CCOC(=O)CC(=O)C1CC=C(C)CC1. The lowest BCUT2D eigenvalue weighted by molar-refractivity contribution is -0.146. The predicted octanol–water partition coefficient (Wildman–Crippen LogP) is 2.26. The second kappa shape index (κ2) is 5.69. The highest BCUT2D eigenvalue weighted by molar-refractivity contribution is 5.96. The van der Waals surface area contributed by atoms with Crippen LogP contribution in [0.4, 0.5) is 0 Å². The van der Waals surface area contributed by atoms with Gasteiger partial charge in [-0.1, -0.05) is 11.6 Å². The molecule has 1 unspecified atom stereocenters. The van der Waals surface area contributed by atoms with E-state index < -0.39 is 5.97 Å². The van der Waals surface area contributed by atoms with Gasteiger partial charge in [-0.05, 0) is 33.1 Å². The van der Waals surface area contributed by atoms with Gasteiger partial charge in [0, 0.05) is 5.92 Å². The zero-order chi connectivity index (χ0) is 11.3. The maximum absolute atomic E-state index is 11.7. The minimum absolute atomic E-state index is 0.0252. The number of esters is 1. The number of hydrogen-bond donors (Lipinski definition) is 0. The molecule has 0 aromatic heterocycles. The molecular weight excluding hydrogens is 192 g/mol. The van der Waals surface area contributed by atoms with Crippen molar-refractivity contribution in [3.8, 4) is 0 Å². The van der Waals surface area contributed by atoms with Crippen molar-refractivity contribution in [2.45, 2.75) is 39.5 Å². The highest BCUT2D eigenvalue weighted by atomic mass is 16.5. The molecule has 0 heterocycles. The first-order valence-corrected chi connectivity index (χ1v) is 5.47. The molecule has 3 heteroatoms. The van der Waals surface area contributed by atoms with E-state index in [2.05, 4.69) is 13.0 Å². The normalized spacial score (nSPS) is 20.7. The van der Waals surface area contributed by atoms with Crippen molar-refractivity contribution in [1.29, 1.82) is 0 Å². The number of Topliss-reactive ketones (excluding diaryl/α,β-unsaturated/α-hetero) is 1. The van der Waals surface area contributed by atoms with Crippen LogP contribution in [0.1, 0.15) is 39.5 Å². The van der Waals surface area contributed by atoms with Gasteiger partial charge >= 0.3 is 5.97 Å². The highest BCUT2D eigenvalue weighted by Gasteiger charge is 2.22. The molecule has 0 saturated carbocycles. The van der Waals surface area contributed by atoms with Crippen molar-refractivity contribution < 1.29 is 14.3 Å². The van der Waals surface area contributed by atoms with Crippen molar-refractivity contribution >= 4 is 11.8 Å². The fourth-order valence-electron chi connectivity index (χ4n) is 1.76. The molecule has 0 N–H and O–H groups in total. The third-order valence-electron chi connectivity index (χ3n) is 2.72. The lowest BCUT2D eigenvalue weighted by Gasteiger charge is -2.18. The average Bonchev–Trinajstić information content (AvgIpc) is 2.18. The molecule has 0 aromatic carbocycles. The topological polar surface area (TPSA) is 43.4 Å². The summed E-state index contributed by atoms with van der Waals surface area (Å²) in [4.78, 5) is 22.8. The summed E-state index contributed by atoms with van der Waals surface area (Å²) in [6.07, 6.45) is 4.66. The first-order chi connectivity index (χ1) is 7.13. The summed E-state index contributed by atoms with van der Waals surface area (Å²) in [6, 6.07) is 0. The van der Waals surface area contributed by atoms with Crippen LogP contribution in [0.2, 0.25) is 0 Å². The summed E-state index contributed by atoms with van der Waals surface area (Å²) < 4.78 is 4.75. The molecule has 15 heavy (non-hydrogen) atoms. The summed E-state index contributed by atoms with van der Waals surface area (Å²) >= 11 is 0. The smallest absolute Gasteiger partial charge is 0.313 e. The van der Waals surface area contributed by atoms with Crippen molar-refractivity contribution in [3.05, 3.63) is 11.6 Å². The molecule has 0 radical (unpaired) electrons. The van der Waals surface area contributed by atoms with Crippen molar-refractivity contribution in [2.24, 2.45) is 5.92 Å². The molecule has 0 spiro atoms. The van der Waals surface area contributed by atoms with Gasteiger partial charge in [-0.25, -0.2) is 0 Å². The quantitative estimate of drug-likeness (QED) is 0.406. The Kier molecular flexibility index (Phi) is 4.53. The third-order valence-corrected chi connectivity index (χ3v) is 2.72. The fraction of sp³-hybridized carbons (Fsp3) is 0.667. The molecule has 0 aliphatic heterocycles. The zero-order valence-electron chi connectivity index (χ0n) is 9.41. The Labute approximate surface area is 90.5 Å². The molecule has 0 fully saturated rings. The Morgan fingerprint density at radius 1 is 1.53 bits per heavy atom. The predicted molar refractivity (Wildman–Crippen MR) is 57.4 cm³/mol. The van der Waals surface area contributed by atoms with E-state index in [-0.39, 0.29) is 18.1 Å². The van der Waals surface area contributed by atoms with Crippen molar-refractivity contribution in [3.63, 3.8) is 0 Å². The Balaban J connectivity index is 2.38. The van der Waals surface area contributed by atoms with E-state index in [1.165, 1.54) is 5.57 Å². The van der Waals surface area contributed by atoms with E-state index in [0.717, 1.165) is 19.3 Å². The monoisotopic (exact) mass is 210 g/mol. The zero-order valence-corrected chi connectivity index (χ0v) is 9.41. The van der Waals surface area contributed by atoms with Crippen molar-refractivity contribution in [1.82, 2.24) is 0 Å². The van der Waals surface area contributed by atoms with Gasteiger partial charge in [0.15, 0.2) is 0 Å². The molecule has 3 nitrogen and oxygen atoms in total. The van der Waals surface area contributed by atoms with Crippen LogP contribution in [-0.2, 0) is 14.3 Å². The Bertz CT molecular complexity index is 279. The van der Waals surface area contributed by atoms with Crippen LogP contribution >= 0.6 is 0 Å². The summed E-state index contributed by atoms with van der Waals surface area (Å²) in [7, 11) is 0.